The second kappa shape index (κ2) is 43.2. The van der Waals surface area contributed by atoms with Gasteiger partial charge in [0, 0.05) is 65.4 Å². The molecule has 0 spiro atoms. The van der Waals surface area contributed by atoms with Crippen LogP contribution in [0.25, 0.3) is 0 Å². The Kier molecular flexibility index (Phi) is 53.7. The van der Waals surface area contributed by atoms with Crippen LogP contribution in [0.15, 0.2) is 0 Å². The van der Waals surface area contributed by atoms with Gasteiger partial charge in [-0.2, -0.15) is 25.3 Å². The van der Waals surface area contributed by atoms with Crippen molar-refractivity contribution in [3.63, 3.8) is 0 Å². The average molecular weight is 747 g/mol. The molecule has 0 aromatic heterocycles. The summed E-state index contributed by atoms with van der Waals surface area (Å²) in [6.07, 6.45) is -1.48. The Labute approximate surface area is 287 Å². The van der Waals surface area contributed by atoms with Gasteiger partial charge in [-0.05, 0) is 0 Å². The fourth-order valence-corrected chi connectivity index (χ4v) is 2.21. The van der Waals surface area contributed by atoms with E-state index in [4.69, 9.17) is 81.7 Å². The molecule has 0 aromatic rings. The third kappa shape index (κ3) is 104. The molecule has 2 atom stereocenters. The second-order valence-corrected chi connectivity index (χ2v) is 8.88. The van der Waals surface area contributed by atoms with Gasteiger partial charge < -0.3 is 62.5 Å². The minimum atomic E-state index is -1.23. The van der Waals surface area contributed by atoms with Crippen LogP contribution in [-0.2, 0) is 38.4 Å². The summed E-state index contributed by atoms with van der Waals surface area (Å²) in [5.41, 5.74) is 9.81. The topological polar surface area (TPSA) is 397 Å². The van der Waals surface area contributed by atoms with Gasteiger partial charge in [0.1, 0.15) is 0 Å². The molecule has 0 unspecified atom stereocenters. The van der Waals surface area contributed by atoms with Gasteiger partial charge in [-0.15, -0.1) is 0 Å². The first-order valence-electron chi connectivity index (χ1n) is 12.8. The van der Waals surface area contributed by atoms with Crippen molar-refractivity contribution in [2.75, 3.05) is 63.9 Å². The van der Waals surface area contributed by atoms with Crippen LogP contribution >= 0.6 is 25.3 Å². The Bertz CT molecular complexity index is 757. The van der Waals surface area contributed by atoms with Gasteiger partial charge in [0.25, 0.3) is 23.9 Å². The number of aliphatic hydroxyl groups excluding tert-OH is 2. The molecule has 0 amide bonds. The van der Waals surface area contributed by atoms with Crippen molar-refractivity contribution < 1.29 is 89.4 Å². The number of hydrogen-bond donors (Lipinski definition) is 14. The van der Waals surface area contributed by atoms with Crippen molar-refractivity contribution in [3.8, 4) is 0 Å². The summed E-state index contributed by atoms with van der Waals surface area (Å²) in [6, 6.07) is 0. The Hall–Kier alpha value is -3.78. The lowest BCUT2D eigenvalue weighted by Gasteiger charge is -2.23. The van der Waals surface area contributed by atoms with Crippen LogP contribution in [0.2, 0.25) is 0 Å². The molecular weight excluding hydrogens is 696 g/mol. The Morgan fingerprint density at radius 3 is 0.708 bits per heavy atom. The molecule has 14 N–H and O–H groups in total. The number of hydrogen-bond acceptors (Lipinski definition) is 16. The number of thiol groups is 2. The zero-order chi connectivity index (χ0) is 40.0. The molecule has 0 aliphatic heterocycles. The largest absolute Gasteiger partial charge is 0.481 e. The first-order valence-corrected chi connectivity index (χ1v) is 14.1. The normalized spacial score (nSPS) is 10.2. The third-order valence-electron chi connectivity index (χ3n) is 3.15. The number of aliphatic carboxylic acids is 8. The van der Waals surface area contributed by atoms with Crippen LogP contribution in [0.3, 0.4) is 0 Å². The molecule has 0 radical (unpaired) electrons. The zero-order valence-electron chi connectivity index (χ0n) is 26.9. The molecule has 0 saturated heterocycles. The van der Waals surface area contributed by atoms with E-state index in [1.165, 1.54) is 0 Å². The molecule has 48 heavy (non-hydrogen) atoms. The minimum absolute atomic E-state index is 0.0703. The van der Waals surface area contributed by atoms with Crippen LogP contribution in [0.5, 0.6) is 0 Å². The summed E-state index contributed by atoms with van der Waals surface area (Å²) in [4.78, 5) is 80.4. The summed E-state index contributed by atoms with van der Waals surface area (Å²) >= 11 is 7.53. The van der Waals surface area contributed by atoms with E-state index in [9.17, 15) is 19.2 Å². The van der Waals surface area contributed by atoms with Gasteiger partial charge in [0.05, 0.1) is 38.4 Å². The fourth-order valence-electron chi connectivity index (χ4n) is 1.72. The summed E-state index contributed by atoms with van der Waals surface area (Å²) < 4.78 is 0. The predicted molar refractivity (Wildman–Crippen MR) is 174 cm³/mol. The predicted octanol–water partition coefficient (Wildman–Crippen LogP) is -3.24. The highest BCUT2D eigenvalue weighted by atomic mass is 32.1. The fraction of sp³-hybridized carbons (Fsp3) is 0.667. The standard InChI is InChI=1S/C10H16N2O8.C4H10O2S2.C2H8N2.4C2H4O2/c13-7(14)3-11(4-8(15)16)1-2-12(5-9(17)18)6-10(19)20;5-3(1-7)4(6)2-8;3-1-2-4;4*1-2(3)4/h1-6H2,(H,13,14)(H,15,16)(H,17,18)(H,19,20);3-8H,1-2H2;1-4H2;4*1H3,(H,3,4)/t;3-,4-;;;;;/m.1...../s1. The number of carboxylic acids is 8. The molecule has 0 bridgehead atoms. The van der Waals surface area contributed by atoms with E-state index in [0.717, 1.165) is 37.5 Å². The smallest absolute Gasteiger partial charge is 0.317 e. The highest BCUT2D eigenvalue weighted by Crippen LogP contribution is 1.97. The van der Waals surface area contributed by atoms with Gasteiger partial charge in [-0.25, -0.2) is 0 Å². The lowest BCUT2D eigenvalue weighted by Crippen LogP contribution is -2.43. The Morgan fingerprint density at radius 2 is 0.625 bits per heavy atom. The number of carbonyl (C=O) groups is 8. The van der Waals surface area contributed by atoms with Crippen LogP contribution in [0.1, 0.15) is 27.7 Å². The molecule has 0 aliphatic carbocycles. The minimum Gasteiger partial charge on any atom is -0.481 e. The number of nitrogens with zero attached hydrogens (tertiary/aromatic N) is 2. The zero-order valence-corrected chi connectivity index (χ0v) is 28.7. The van der Waals surface area contributed by atoms with Crippen molar-refractivity contribution in [1.82, 2.24) is 9.80 Å². The molecule has 24 heteroatoms. The number of nitrogens with two attached hydrogens (primary N) is 2. The van der Waals surface area contributed by atoms with Crippen LogP contribution in [0.4, 0.5) is 0 Å². The molecule has 0 rings (SSSR count). The lowest BCUT2D eigenvalue weighted by molar-refractivity contribution is -0.145. The van der Waals surface area contributed by atoms with Crippen molar-refractivity contribution in [2.24, 2.45) is 11.5 Å². The van der Waals surface area contributed by atoms with Gasteiger partial charge in [-0.3, -0.25) is 48.2 Å². The van der Waals surface area contributed by atoms with Crippen molar-refractivity contribution in [2.45, 2.75) is 39.9 Å². The highest BCUT2D eigenvalue weighted by Gasteiger charge is 2.18. The van der Waals surface area contributed by atoms with Crippen molar-refractivity contribution in [1.29, 1.82) is 0 Å². The van der Waals surface area contributed by atoms with E-state index in [-0.39, 0.29) is 24.6 Å². The van der Waals surface area contributed by atoms with Crippen molar-refractivity contribution >= 4 is 73.0 Å². The third-order valence-corrected chi connectivity index (χ3v) is 3.90. The van der Waals surface area contributed by atoms with E-state index in [0.29, 0.717) is 13.1 Å². The number of rotatable bonds is 15. The van der Waals surface area contributed by atoms with Gasteiger partial charge in [-0.1, -0.05) is 0 Å². The summed E-state index contributed by atoms with van der Waals surface area (Å²) in [7, 11) is 0. The van der Waals surface area contributed by atoms with E-state index in [2.05, 4.69) is 25.3 Å². The van der Waals surface area contributed by atoms with E-state index in [1.807, 2.05) is 0 Å². The first-order chi connectivity index (χ1) is 21.8. The summed E-state index contributed by atoms with van der Waals surface area (Å²) in [5.74, 6) is -7.68. The molecule has 0 heterocycles. The van der Waals surface area contributed by atoms with Crippen molar-refractivity contribution in [3.05, 3.63) is 0 Å². The van der Waals surface area contributed by atoms with Crippen LogP contribution in [-0.4, -0.2) is 185 Å². The summed E-state index contributed by atoms with van der Waals surface area (Å²) in [5, 5.41) is 81.6. The molecule has 22 nitrogen and oxygen atoms in total. The molecule has 0 saturated carbocycles. The average Bonchev–Trinajstić information content (AvgIpc) is 2.88. The molecule has 0 aromatic carbocycles. The molecule has 286 valence electrons. The van der Waals surface area contributed by atoms with Crippen LogP contribution in [0, 0.1) is 0 Å². The molecule has 0 fully saturated rings. The Balaban J connectivity index is -0.0000000979. The van der Waals surface area contributed by atoms with Gasteiger partial charge in [0.15, 0.2) is 0 Å². The Morgan fingerprint density at radius 1 is 0.479 bits per heavy atom. The highest BCUT2D eigenvalue weighted by molar-refractivity contribution is 7.80. The van der Waals surface area contributed by atoms with E-state index >= 15 is 0 Å². The quantitative estimate of drug-likeness (QED) is 0.0732. The maximum atomic E-state index is 10.6. The van der Waals surface area contributed by atoms with Crippen LogP contribution < -0.4 is 11.5 Å². The molecular formula is C24H50N4O18S2. The van der Waals surface area contributed by atoms with E-state index < -0.39 is 86.1 Å². The van der Waals surface area contributed by atoms with Gasteiger partial charge in [0.2, 0.25) is 0 Å². The lowest BCUT2D eigenvalue weighted by atomic mass is 10.3. The van der Waals surface area contributed by atoms with E-state index in [1.54, 1.807) is 0 Å². The maximum absolute atomic E-state index is 10.6. The maximum Gasteiger partial charge on any atom is 0.317 e. The van der Waals surface area contributed by atoms with Gasteiger partial charge >= 0.3 is 23.9 Å². The second-order valence-electron chi connectivity index (χ2n) is 8.15. The SMILES string of the molecule is CC(=O)O.CC(=O)O.CC(=O)O.CC(=O)O.NCCN.O=C(O)CN(CCN(CC(=O)O)CC(=O)O)CC(=O)O.O[C@H](CS)[C@H](O)CS. The molecule has 0 aliphatic rings. The summed E-state index contributed by atoms with van der Waals surface area (Å²) in [6.45, 7) is 3.28. The first kappa shape index (κ1) is 59.6. The monoisotopic (exact) mass is 746 g/mol. The number of aliphatic hydroxyl groups is 2. The number of carboxylic acid groups (broad SMARTS) is 8.